The minimum Gasteiger partial charge on any atom is -0.384 e. The Morgan fingerprint density at radius 1 is 0.347 bits per heavy atom. The third-order valence-corrected chi connectivity index (χ3v) is 16.7. The third-order valence-electron chi connectivity index (χ3n) is 16.4. The van der Waals surface area contributed by atoms with E-state index < -0.39 is 29.3 Å². The number of aryl methyl sites for hydroxylation is 7. The van der Waals surface area contributed by atoms with E-state index in [1.165, 1.54) is 17.5 Å². The average Bonchev–Trinajstić information content (AvgIpc) is 1.69. The SMILES string of the molecule is CC(C)(O)c1ccccn1.Cc1cc(-c2ccccn2)n[nH]1.Cc1cc(C)c(-c2ccccn2)[nH]1.Cc1cccc(-c2cc(C(F)(F)F)[nH]n2)n1.Cc1cccc(-c2nc(C)c(C)[nH]2)n1.FC(F)(F)c1cc(-c2ccccn2)n[nH]1.SCc1ccccn1.c1ccc(-c2ccc[nH]2)nc1.c1ccc(-c2ccn[nH]2)nc1.c1ccc(-c2ncc[nH]2)nc1. The van der Waals surface area contributed by atoms with Crippen molar-refractivity contribution in [3.8, 4) is 91.4 Å². The molecule has 0 aliphatic carbocycles. The summed E-state index contributed by atoms with van der Waals surface area (Å²) in [6.07, 6.45) is 12.1. The van der Waals surface area contributed by atoms with Crippen LogP contribution in [-0.4, -0.2) is 126 Å². The van der Waals surface area contributed by atoms with Gasteiger partial charge in [-0.15, -0.1) is 0 Å². The smallest absolute Gasteiger partial charge is 0.384 e. The Kier molecular flexibility index (Phi) is 34.0. The number of H-pyrrole nitrogens is 8. The zero-order valence-corrected chi connectivity index (χ0v) is 68.2. The highest BCUT2D eigenvalue weighted by atomic mass is 32.1. The van der Waals surface area contributed by atoms with Crippen LogP contribution in [0.4, 0.5) is 26.3 Å². The predicted octanol–water partition coefficient (Wildman–Crippen LogP) is 20.0. The van der Waals surface area contributed by atoms with Gasteiger partial charge in [-0.25, -0.2) is 15.0 Å². The third kappa shape index (κ3) is 30.0. The lowest BCUT2D eigenvalue weighted by Crippen LogP contribution is -2.16. The second-order valence-corrected chi connectivity index (χ2v) is 26.8. The Bertz CT molecular complexity index is 5670. The minimum atomic E-state index is -4.41. The number of pyridine rings is 10. The van der Waals surface area contributed by atoms with Gasteiger partial charge in [0.2, 0.25) is 0 Å². The fourth-order valence-corrected chi connectivity index (χ4v) is 10.6. The Hall–Kier alpha value is -14.8. The highest BCUT2D eigenvalue weighted by Crippen LogP contribution is 2.32. The van der Waals surface area contributed by atoms with Crippen molar-refractivity contribution in [1.29, 1.82) is 0 Å². The highest BCUT2D eigenvalue weighted by Gasteiger charge is 2.34. The van der Waals surface area contributed by atoms with E-state index in [0.29, 0.717) is 17.1 Å². The van der Waals surface area contributed by atoms with Gasteiger partial charge < -0.3 is 25.0 Å². The van der Waals surface area contributed by atoms with Gasteiger partial charge in [0.25, 0.3) is 0 Å². The molecule has 18 aromatic rings. The first-order chi connectivity index (χ1) is 58.3. The summed E-state index contributed by atoms with van der Waals surface area (Å²) in [5.41, 5.74) is 17.3. The van der Waals surface area contributed by atoms with Crippen molar-refractivity contribution in [2.45, 2.75) is 86.0 Å². The molecule has 32 heteroatoms. The number of alkyl halides is 6. The maximum absolute atomic E-state index is 12.3. The van der Waals surface area contributed by atoms with Crippen LogP contribution in [-0.2, 0) is 23.7 Å². The second kappa shape index (κ2) is 45.6. The van der Waals surface area contributed by atoms with Gasteiger partial charge >= 0.3 is 12.4 Å². The van der Waals surface area contributed by atoms with Crippen LogP contribution in [0.25, 0.3) is 91.4 Å². The number of aliphatic hydroxyl groups is 1. The Morgan fingerprint density at radius 2 is 0.818 bits per heavy atom. The number of halogens is 6. The van der Waals surface area contributed by atoms with E-state index in [9.17, 15) is 31.4 Å². The van der Waals surface area contributed by atoms with Gasteiger partial charge in [0.15, 0.2) is 11.6 Å². The molecular weight excluding hydrogens is 1570 g/mol. The molecule has 0 aromatic carbocycles. The Balaban J connectivity index is 0.000000154. The van der Waals surface area contributed by atoms with E-state index in [2.05, 4.69) is 143 Å². The summed E-state index contributed by atoms with van der Waals surface area (Å²) in [5, 5.41) is 34.1. The van der Waals surface area contributed by atoms with Gasteiger partial charge in [-0.3, -0.25) is 65.3 Å². The van der Waals surface area contributed by atoms with E-state index in [1.54, 1.807) is 119 Å². The lowest BCUT2D eigenvalue weighted by atomic mass is 10.1. The van der Waals surface area contributed by atoms with Crippen LogP contribution >= 0.6 is 12.6 Å². The van der Waals surface area contributed by atoms with Crippen LogP contribution in [0.2, 0.25) is 0 Å². The van der Waals surface area contributed by atoms with Gasteiger partial charge in [-0.1, -0.05) is 60.7 Å². The van der Waals surface area contributed by atoms with Crippen molar-refractivity contribution < 1.29 is 31.4 Å². The number of rotatable bonds is 10. The van der Waals surface area contributed by atoms with E-state index in [1.807, 2.05) is 214 Å². The molecule has 121 heavy (non-hydrogen) atoms. The van der Waals surface area contributed by atoms with E-state index in [4.69, 9.17) is 0 Å². The molecule has 0 saturated heterocycles. The highest BCUT2D eigenvalue weighted by molar-refractivity contribution is 7.79. The molecule has 25 nitrogen and oxygen atoms in total. The van der Waals surface area contributed by atoms with E-state index in [0.717, 1.165) is 121 Å². The molecule has 0 fully saturated rings. The van der Waals surface area contributed by atoms with E-state index >= 15 is 0 Å². The van der Waals surface area contributed by atoms with Crippen LogP contribution < -0.4 is 0 Å². The first kappa shape index (κ1) is 90.1. The van der Waals surface area contributed by atoms with Crippen molar-refractivity contribution in [3.63, 3.8) is 0 Å². The van der Waals surface area contributed by atoms with E-state index in [-0.39, 0.29) is 11.4 Å². The summed E-state index contributed by atoms with van der Waals surface area (Å²) in [5.74, 6) is 2.38. The molecule has 0 aliphatic rings. The summed E-state index contributed by atoms with van der Waals surface area (Å²) in [4.78, 5) is 62.4. The maximum Gasteiger partial charge on any atom is 0.432 e. The summed E-state index contributed by atoms with van der Waals surface area (Å²) in [6, 6.07) is 68.2. The molecule has 0 saturated carbocycles. The van der Waals surface area contributed by atoms with Crippen LogP contribution in [0, 0.1) is 48.5 Å². The molecule has 0 aliphatic heterocycles. The summed E-state index contributed by atoms with van der Waals surface area (Å²) < 4.78 is 73.6. The monoisotopic (exact) mass is 1650 g/mol. The van der Waals surface area contributed by atoms with Crippen molar-refractivity contribution in [1.82, 2.24) is 121 Å². The molecule has 9 N–H and O–H groups in total. The molecule has 0 atom stereocenters. The number of aromatic amines is 8. The topological polar surface area (TPSA) is 353 Å². The lowest BCUT2D eigenvalue weighted by molar-refractivity contribution is -0.142. The van der Waals surface area contributed by atoms with Gasteiger partial charge in [-0.05, 0) is 232 Å². The number of aromatic nitrogens is 24. The first-order valence-corrected chi connectivity index (χ1v) is 38.0. The van der Waals surface area contributed by atoms with Gasteiger partial charge in [0, 0.05) is 114 Å². The summed E-state index contributed by atoms with van der Waals surface area (Å²) in [7, 11) is 0. The largest absolute Gasteiger partial charge is 0.432 e. The van der Waals surface area contributed by atoms with Crippen molar-refractivity contribution in [2.24, 2.45) is 0 Å². The molecular formula is C89H88F6N24OS. The molecule has 18 aromatic heterocycles. The average molecular weight is 1660 g/mol. The molecule has 618 valence electrons. The molecule has 0 bridgehead atoms. The van der Waals surface area contributed by atoms with Gasteiger partial charge in [0.1, 0.15) is 45.5 Å². The van der Waals surface area contributed by atoms with Crippen LogP contribution in [0.3, 0.4) is 0 Å². The summed E-state index contributed by atoms with van der Waals surface area (Å²) in [6.45, 7) is 17.3. The Morgan fingerprint density at radius 3 is 1.20 bits per heavy atom. The van der Waals surface area contributed by atoms with Crippen LogP contribution in [0.5, 0.6) is 0 Å². The number of thiol groups is 1. The number of nitrogens with one attached hydrogen (secondary N) is 8. The molecule has 0 spiro atoms. The quantitative estimate of drug-likeness (QED) is 0.0449. The first-order valence-electron chi connectivity index (χ1n) is 37.4. The molecule has 18 rings (SSSR count). The molecule has 0 amide bonds. The lowest BCUT2D eigenvalue weighted by Gasteiger charge is -2.15. The number of hydrogen-bond donors (Lipinski definition) is 10. The molecule has 0 unspecified atom stereocenters. The zero-order chi connectivity index (χ0) is 86.4. The van der Waals surface area contributed by atoms with Crippen molar-refractivity contribution in [2.75, 3.05) is 0 Å². The van der Waals surface area contributed by atoms with Gasteiger partial charge in [-0.2, -0.15) is 59.4 Å². The maximum atomic E-state index is 12.3. The van der Waals surface area contributed by atoms with Crippen molar-refractivity contribution in [3.05, 3.63) is 361 Å². The summed E-state index contributed by atoms with van der Waals surface area (Å²) >= 11 is 4.05. The molecule has 0 radical (unpaired) electrons. The fourth-order valence-electron chi connectivity index (χ4n) is 10.4. The molecule has 18 heterocycles. The standard InChI is InChI=1S/C11H13N3.C11H12N2.C10H8F3N3.C9H6F3N3.C9H9N3.C9H8N2.2C8H7N3.C8H11NO.C6H7NS/c1-7-5-4-6-10(12-7)11-13-8(2)9(3)14-11;1-8-7-9(2)13-11(8)10-5-3-4-6-12-10;1-6-3-2-4-7(14-6)8-5-9(16-15-8)10(11,12)13;10-9(11,12)8-5-7(14-15-8)6-3-1-2-4-13-6;1-7-6-9(12-11-7)8-4-2-3-5-10-8;1-2-6-10-8(4-1)9-5-3-7-11-9;1-2-5-9-7(3-1)8-4-6-10-11-8;1-2-4-9-7(3-1)8-10-5-6-11-8;1-8(2,10)7-5-3-4-6-9-7;8-5-6-3-1-2-4-7-6/h4-6H,1-3H3,(H,13,14);3-7,13H,1-2H3;2-5H,1H3,(H,15,16);1-5H,(H,14,15);2-6H,1H3,(H,11,12);1-7,11H;2*1-6H,(H,10,11);3-6,10H,1-2H3;1-4,8H,5H2. The van der Waals surface area contributed by atoms with Crippen molar-refractivity contribution >= 4 is 12.6 Å². The fraction of sp³-hybridized carbons (Fsp3) is 0.146. The second-order valence-electron chi connectivity index (χ2n) is 26.4. The Labute approximate surface area is 699 Å². The predicted molar refractivity (Wildman–Crippen MR) is 459 cm³/mol. The number of imidazole rings is 2. The minimum absolute atomic E-state index is 0.183. The number of nitrogens with zero attached hydrogens (tertiary/aromatic N) is 16. The zero-order valence-electron chi connectivity index (χ0n) is 67.3. The van der Waals surface area contributed by atoms with Crippen LogP contribution in [0.15, 0.2) is 299 Å². The normalized spacial score (nSPS) is 10.6. The van der Waals surface area contributed by atoms with Gasteiger partial charge in [0.05, 0.1) is 62.6 Å². The number of hydrogen-bond acceptors (Lipinski definition) is 18. The van der Waals surface area contributed by atoms with Crippen LogP contribution in [0.1, 0.15) is 76.4 Å².